The largest absolute Gasteiger partial charge is 0.325 e. The molecule has 1 saturated heterocycles. The molecule has 1 aromatic heterocycles. The van der Waals surface area contributed by atoms with Crippen LogP contribution in [-0.4, -0.2) is 34.7 Å². The molecule has 3 amide bonds. The number of amides is 3. The van der Waals surface area contributed by atoms with Crippen LogP contribution in [0.15, 0.2) is 15.9 Å². The van der Waals surface area contributed by atoms with E-state index in [1.54, 1.807) is 26.0 Å². The molecule has 18 heavy (non-hydrogen) atoms. The van der Waals surface area contributed by atoms with Gasteiger partial charge in [0.15, 0.2) is 5.78 Å². The van der Waals surface area contributed by atoms with Crippen molar-refractivity contribution in [3.05, 3.63) is 20.8 Å². The van der Waals surface area contributed by atoms with Gasteiger partial charge in [0.1, 0.15) is 5.54 Å². The number of hydrogen-bond acceptors (Lipinski definition) is 4. The van der Waals surface area contributed by atoms with Crippen LogP contribution in [-0.2, 0) is 4.79 Å². The van der Waals surface area contributed by atoms with Gasteiger partial charge in [-0.25, -0.2) is 4.79 Å². The average molecular weight is 331 g/mol. The monoisotopic (exact) mass is 330 g/mol. The van der Waals surface area contributed by atoms with Crippen LogP contribution in [0, 0.1) is 0 Å². The van der Waals surface area contributed by atoms with Crippen LogP contribution in [0.4, 0.5) is 4.79 Å². The first kappa shape index (κ1) is 13.2. The lowest BCUT2D eigenvalue weighted by molar-refractivity contribution is -0.129. The number of carbonyl (C=O) groups is 3. The Morgan fingerprint density at radius 3 is 2.56 bits per heavy atom. The molecule has 96 valence electrons. The summed E-state index contributed by atoms with van der Waals surface area (Å²) >= 11 is 4.54. The fourth-order valence-electron chi connectivity index (χ4n) is 1.65. The second-order valence-electron chi connectivity index (χ2n) is 4.47. The minimum Gasteiger partial charge on any atom is -0.324 e. The van der Waals surface area contributed by atoms with Gasteiger partial charge < -0.3 is 5.32 Å². The summed E-state index contributed by atoms with van der Waals surface area (Å²) in [6.45, 7) is 3.00. The zero-order valence-corrected chi connectivity index (χ0v) is 12.2. The number of thiophene rings is 1. The highest BCUT2D eigenvalue weighted by atomic mass is 79.9. The zero-order chi connectivity index (χ0) is 13.5. The summed E-state index contributed by atoms with van der Waals surface area (Å²) in [5, 5.41) is 2.53. The minimum absolute atomic E-state index is 0.221. The highest BCUT2D eigenvalue weighted by Crippen LogP contribution is 2.23. The lowest BCUT2D eigenvalue weighted by Crippen LogP contribution is -2.41. The normalized spacial score (nSPS) is 18.1. The Morgan fingerprint density at radius 2 is 2.11 bits per heavy atom. The van der Waals surface area contributed by atoms with Crippen molar-refractivity contribution in [1.29, 1.82) is 0 Å². The van der Waals surface area contributed by atoms with Gasteiger partial charge in [-0.1, -0.05) is 0 Å². The second-order valence-corrected chi connectivity index (χ2v) is 6.94. The molecule has 0 radical (unpaired) electrons. The summed E-state index contributed by atoms with van der Waals surface area (Å²) in [4.78, 5) is 36.9. The van der Waals surface area contributed by atoms with Crippen LogP contribution in [0.25, 0.3) is 0 Å². The lowest BCUT2D eigenvalue weighted by Gasteiger charge is -2.14. The highest BCUT2D eigenvalue weighted by molar-refractivity contribution is 9.11. The third-order valence-corrected chi connectivity index (χ3v) is 4.26. The maximum atomic E-state index is 11.9. The molecule has 0 aliphatic carbocycles. The van der Waals surface area contributed by atoms with E-state index in [-0.39, 0.29) is 18.2 Å². The van der Waals surface area contributed by atoms with Gasteiger partial charge in [0, 0.05) is 0 Å². The van der Waals surface area contributed by atoms with Crippen LogP contribution in [0.3, 0.4) is 0 Å². The van der Waals surface area contributed by atoms with E-state index in [1.165, 1.54) is 11.3 Å². The predicted octanol–water partition coefficient (Wildman–Crippen LogP) is 2.02. The van der Waals surface area contributed by atoms with Crippen LogP contribution in [0.2, 0.25) is 0 Å². The van der Waals surface area contributed by atoms with Crippen molar-refractivity contribution in [2.45, 2.75) is 19.4 Å². The Bertz CT molecular complexity index is 538. The van der Waals surface area contributed by atoms with Crippen LogP contribution in [0.1, 0.15) is 23.5 Å². The van der Waals surface area contributed by atoms with Crippen molar-refractivity contribution >= 4 is 45.0 Å². The summed E-state index contributed by atoms with van der Waals surface area (Å²) in [6.07, 6.45) is 0. The van der Waals surface area contributed by atoms with Gasteiger partial charge in [0.05, 0.1) is 15.2 Å². The second kappa shape index (κ2) is 4.47. The molecule has 1 aliphatic rings. The first-order valence-electron chi connectivity index (χ1n) is 5.24. The molecular formula is C11H11BrN2O3S. The summed E-state index contributed by atoms with van der Waals surface area (Å²) < 4.78 is 0.836. The molecule has 2 heterocycles. The van der Waals surface area contributed by atoms with Gasteiger partial charge in [-0.15, -0.1) is 11.3 Å². The van der Waals surface area contributed by atoms with Crippen molar-refractivity contribution in [2.75, 3.05) is 6.54 Å². The molecule has 1 fully saturated rings. The van der Waals surface area contributed by atoms with Crippen molar-refractivity contribution in [3.8, 4) is 0 Å². The molecular weight excluding hydrogens is 320 g/mol. The minimum atomic E-state index is -0.937. The number of ketones is 1. The molecule has 0 saturated carbocycles. The first-order chi connectivity index (χ1) is 8.31. The topological polar surface area (TPSA) is 66.5 Å². The zero-order valence-electron chi connectivity index (χ0n) is 9.82. The van der Waals surface area contributed by atoms with E-state index in [1.807, 2.05) is 0 Å². The van der Waals surface area contributed by atoms with E-state index in [4.69, 9.17) is 0 Å². The van der Waals surface area contributed by atoms with E-state index in [0.29, 0.717) is 4.88 Å². The number of halogens is 1. The molecule has 0 bridgehead atoms. The van der Waals surface area contributed by atoms with Gasteiger partial charge in [-0.2, -0.15) is 0 Å². The number of nitrogens with one attached hydrogen (secondary N) is 1. The summed E-state index contributed by atoms with van der Waals surface area (Å²) in [6, 6.07) is 2.91. The number of nitrogens with zero attached hydrogens (tertiary/aromatic N) is 1. The predicted molar refractivity (Wildman–Crippen MR) is 70.7 cm³/mol. The Morgan fingerprint density at radius 1 is 1.44 bits per heavy atom. The van der Waals surface area contributed by atoms with Gasteiger partial charge >= 0.3 is 6.03 Å². The Hall–Kier alpha value is -1.21. The Balaban J connectivity index is 2.13. The summed E-state index contributed by atoms with van der Waals surface area (Å²) in [5.41, 5.74) is -0.937. The third-order valence-electron chi connectivity index (χ3n) is 2.59. The van der Waals surface area contributed by atoms with Crippen molar-refractivity contribution in [1.82, 2.24) is 10.2 Å². The lowest BCUT2D eigenvalue weighted by atomic mass is 10.1. The van der Waals surface area contributed by atoms with Gasteiger partial charge in [-0.05, 0) is 41.9 Å². The number of imide groups is 1. The van der Waals surface area contributed by atoms with E-state index in [0.717, 1.165) is 8.69 Å². The molecule has 1 aromatic rings. The molecule has 2 rings (SSSR count). The highest BCUT2D eigenvalue weighted by Gasteiger charge is 2.44. The number of urea groups is 1. The molecule has 0 unspecified atom stereocenters. The third kappa shape index (κ3) is 2.32. The smallest absolute Gasteiger partial charge is 0.324 e. The average Bonchev–Trinajstić information content (AvgIpc) is 2.77. The van der Waals surface area contributed by atoms with Crippen molar-refractivity contribution in [2.24, 2.45) is 0 Å². The number of Topliss-reactive ketones (excluding diaryl/α,β-unsaturated/α-hetero) is 1. The number of carbonyl (C=O) groups excluding carboxylic acids is 3. The van der Waals surface area contributed by atoms with Gasteiger partial charge in [-0.3, -0.25) is 14.5 Å². The Labute approximate surface area is 116 Å². The maximum absolute atomic E-state index is 11.9. The molecule has 1 aliphatic heterocycles. The number of rotatable bonds is 3. The molecule has 0 spiro atoms. The van der Waals surface area contributed by atoms with E-state index >= 15 is 0 Å². The fourth-order valence-corrected chi connectivity index (χ4v) is 2.96. The summed E-state index contributed by atoms with van der Waals surface area (Å²) in [5.74, 6) is -0.622. The van der Waals surface area contributed by atoms with Crippen LogP contribution < -0.4 is 5.32 Å². The summed E-state index contributed by atoms with van der Waals surface area (Å²) in [7, 11) is 0. The molecule has 1 N–H and O–H groups in total. The van der Waals surface area contributed by atoms with Crippen LogP contribution >= 0.6 is 27.3 Å². The molecule has 0 atom stereocenters. The van der Waals surface area contributed by atoms with Gasteiger partial charge in [0.2, 0.25) is 0 Å². The maximum Gasteiger partial charge on any atom is 0.325 e. The number of hydrogen-bond donors (Lipinski definition) is 1. The van der Waals surface area contributed by atoms with Crippen molar-refractivity contribution < 1.29 is 14.4 Å². The van der Waals surface area contributed by atoms with E-state index in [9.17, 15) is 14.4 Å². The SMILES string of the molecule is CC1(C)NC(=O)N(CC(=O)c2ccc(Br)s2)C1=O. The van der Waals surface area contributed by atoms with E-state index < -0.39 is 11.6 Å². The van der Waals surface area contributed by atoms with Crippen LogP contribution in [0.5, 0.6) is 0 Å². The Kier molecular flexibility index (Phi) is 3.29. The van der Waals surface area contributed by atoms with E-state index in [2.05, 4.69) is 21.2 Å². The standard InChI is InChI=1S/C11H11BrN2O3S/c1-11(2)9(16)14(10(17)13-11)5-6(15)7-3-4-8(12)18-7/h3-4H,5H2,1-2H3,(H,13,17). The molecule has 5 nitrogen and oxygen atoms in total. The quantitative estimate of drug-likeness (QED) is 0.681. The molecule has 0 aromatic carbocycles. The molecule has 7 heteroatoms. The fraction of sp³-hybridized carbons (Fsp3) is 0.364. The van der Waals surface area contributed by atoms with Gasteiger partial charge in [0.25, 0.3) is 5.91 Å². The van der Waals surface area contributed by atoms with Crippen molar-refractivity contribution in [3.63, 3.8) is 0 Å². The first-order valence-corrected chi connectivity index (χ1v) is 6.85.